The Balaban J connectivity index is 2.01. The van der Waals surface area contributed by atoms with Gasteiger partial charge < -0.3 is 15.3 Å². The van der Waals surface area contributed by atoms with Crippen molar-refractivity contribution in [3.8, 4) is 0 Å². The van der Waals surface area contributed by atoms with E-state index >= 15 is 0 Å². The Morgan fingerprint density at radius 2 is 2.05 bits per heavy atom. The molecule has 0 radical (unpaired) electrons. The Morgan fingerprint density at radius 1 is 1.40 bits per heavy atom. The number of thioether (sulfide) groups is 1. The van der Waals surface area contributed by atoms with Crippen molar-refractivity contribution in [3.05, 3.63) is 0 Å². The summed E-state index contributed by atoms with van der Waals surface area (Å²) >= 11 is 1.50. The SMILES string of the molecule is O=C(O)CC1CSCCN1C(=O)NC1(C(F)(F)F)CC1. The fraction of sp³-hybridized carbons (Fsp3) is 0.818. The molecule has 20 heavy (non-hydrogen) atoms. The summed E-state index contributed by atoms with van der Waals surface area (Å²) < 4.78 is 38.4. The van der Waals surface area contributed by atoms with Crippen LogP contribution < -0.4 is 5.32 Å². The highest BCUT2D eigenvalue weighted by Crippen LogP contribution is 2.49. The molecule has 0 aromatic rings. The molecule has 0 bridgehead atoms. The van der Waals surface area contributed by atoms with Crippen LogP contribution in [0, 0.1) is 0 Å². The van der Waals surface area contributed by atoms with Crippen LogP contribution >= 0.6 is 11.8 Å². The van der Waals surface area contributed by atoms with Crippen LogP contribution in [0.4, 0.5) is 18.0 Å². The molecule has 1 aliphatic heterocycles. The van der Waals surface area contributed by atoms with Gasteiger partial charge in [-0.3, -0.25) is 4.79 Å². The lowest BCUT2D eigenvalue weighted by molar-refractivity contribution is -0.163. The lowest BCUT2D eigenvalue weighted by Gasteiger charge is -2.36. The number of halogens is 3. The van der Waals surface area contributed by atoms with Crippen LogP contribution in [0.1, 0.15) is 19.3 Å². The number of urea groups is 1. The first kappa shape index (κ1) is 15.3. The zero-order valence-corrected chi connectivity index (χ0v) is 11.4. The summed E-state index contributed by atoms with van der Waals surface area (Å²) in [6.45, 7) is 0.266. The van der Waals surface area contributed by atoms with Crippen LogP contribution in [0.25, 0.3) is 0 Å². The molecule has 1 aliphatic carbocycles. The van der Waals surface area contributed by atoms with Crippen molar-refractivity contribution in [1.82, 2.24) is 10.2 Å². The molecule has 1 saturated heterocycles. The fourth-order valence-electron chi connectivity index (χ4n) is 2.17. The highest BCUT2D eigenvalue weighted by Gasteiger charge is 2.64. The Kier molecular flexibility index (Phi) is 4.08. The maximum atomic E-state index is 12.8. The molecule has 9 heteroatoms. The van der Waals surface area contributed by atoms with E-state index in [2.05, 4.69) is 0 Å². The predicted molar refractivity (Wildman–Crippen MR) is 66.6 cm³/mol. The van der Waals surface area contributed by atoms with Crippen LogP contribution in [0.3, 0.4) is 0 Å². The molecule has 1 unspecified atom stereocenters. The quantitative estimate of drug-likeness (QED) is 0.832. The van der Waals surface area contributed by atoms with Gasteiger partial charge in [0.25, 0.3) is 0 Å². The molecule has 2 fully saturated rings. The van der Waals surface area contributed by atoms with Gasteiger partial charge in [-0.25, -0.2) is 4.79 Å². The van der Waals surface area contributed by atoms with Crippen LogP contribution in [0.2, 0.25) is 0 Å². The first-order chi connectivity index (χ1) is 9.25. The van der Waals surface area contributed by atoms with E-state index in [1.54, 1.807) is 0 Å². The number of aliphatic carboxylic acids is 1. The van der Waals surface area contributed by atoms with E-state index in [9.17, 15) is 22.8 Å². The highest BCUT2D eigenvalue weighted by atomic mass is 32.2. The van der Waals surface area contributed by atoms with Gasteiger partial charge in [-0.2, -0.15) is 24.9 Å². The van der Waals surface area contributed by atoms with Crippen LogP contribution in [-0.2, 0) is 4.79 Å². The van der Waals surface area contributed by atoms with Crippen LogP contribution in [0.5, 0.6) is 0 Å². The number of carbonyl (C=O) groups excluding carboxylic acids is 1. The van der Waals surface area contributed by atoms with Gasteiger partial charge in [0.15, 0.2) is 0 Å². The van der Waals surface area contributed by atoms with E-state index in [-0.39, 0.29) is 25.8 Å². The van der Waals surface area contributed by atoms with Gasteiger partial charge in [0, 0.05) is 18.1 Å². The maximum absolute atomic E-state index is 12.8. The third-order valence-electron chi connectivity index (χ3n) is 3.54. The van der Waals surface area contributed by atoms with Gasteiger partial charge >= 0.3 is 18.2 Å². The number of rotatable bonds is 3. The van der Waals surface area contributed by atoms with Crippen molar-refractivity contribution in [2.45, 2.75) is 37.0 Å². The third kappa shape index (κ3) is 3.13. The second-order valence-corrected chi connectivity index (χ2v) is 6.18. The topological polar surface area (TPSA) is 69.6 Å². The zero-order chi connectivity index (χ0) is 15.0. The van der Waals surface area contributed by atoms with E-state index in [0.717, 1.165) is 0 Å². The first-order valence-corrected chi connectivity index (χ1v) is 7.36. The molecule has 2 amide bonds. The average molecular weight is 312 g/mol. The number of nitrogens with one attached hydrogen (secondary N) is 1. The van der Waals surface area contributed by atoms with Crippen molar-refractivity contribution in [1.29, 1.82) is 0 Å². The number of carbonyl (C=O) groups is 2. The van der Waals surface area contributed by atoms with Gasteiger partial charge in [0.05, 0.1) is 12.5 Å². The average Bonchev–Trinajstić information content (AvgIpc) is 3.09. The number of hydrogen-bond donors (Lipinski definition) is 2. The molecule has 5 nitrogen and oxygen atoms in total. The lowest BCUT2D eigenvalue weighted by Crippen LogP contribution is -2.57. The summed E-state index contributed by atoms with van der Waals surface area (Å²) in [6, 6.07) is -1.37. The molecule has 2 rings (SSSR count). The number of alkyl halides is 3. The molecule has 1 heterocycles. The van der Waals surface area contributed by atoms with Gasteiger partial charge in [0.1, 0.15) is 5.54 Å². The van der Waals surface area contributed by atoms with Gasteiger partial charge in [-0.1, -0.05) is 0 Å². The summed E-state index contributed by atoms with van der Waals surface area (Å²) in [5, 5.41) is 10.8. The van der Waals surface area contributed by atoms with Gasteiger partial charge in [-0.15, -0.1) is 0 Å². The first-order valence-electron chi connectivity index (χ1n) is 6.20. The predicted octanol–water partition coefficient (Wildman–Crippen LogP) is 1.68. The monoisotopic (exact) mass is 312 g/mol. The molecular weight excluding hydrogens is 297 g/mol. The molecule has 2 N–H and O–H groups in total. The van der Waals surface area contributed by atoms with E-state index < -0.39 is 29.8 Å². The summed E-state index contributed by atoms with van der Waals surface area (Å²) in [4.78, 5) is 24.0. The Hall–Kier alpha value is -1.12. The summed E-state index contributed by atoms with van der Waals surface area (Å²) in [5.74, 6) is -0.0337. The Labute approximate surface area is 117 Å². The van der Waals surface area contributed by atoms with E-state index in [0.29, 0.717) is 11.5 Å². The van der Waals surface area contributed by atoms with Crippen molar-refractivity contribution < 1.29 is 27.9 Å². The lowest BCUT2D eigenvalue weighted by atomic mass is 10.2. The molecular formula is C11H15F3N2O3S. The summed E-state index contributed by atoms with van der Waals surface area (Å²) in [7, 11) is 0. The number of hydrogen-bond acceptors (Lipinski definition) is 3. The largest absolute Gasteiger partial charge is 0.481 e. The van der Waals surface area contributed by atoms with E-state index in [4.69, 9.17) is 5.11 Å². The molecule has 114 valence electrons. The number of carboxylic acids is 1. The van der Waals surface area contributed by atoms with Crippen LogP contribution in [0.15, 0.2) is 0 Å². The normalized spacial score (nSPS) is 25.1. The minimum atomic E-state index is -4.46. The second kappa shape index (κ2) is 5.34. The van der Waals surface area contributed by atoms with Crippen molar-refractivity contribution in [3.63, 3.8) is 0 Å². The van der Waals surface area contributed by atoms with Crippen molar-refractivity contribution in [2.75, 3.05) is 18.1 Å². The standard InChI is InChI=1S/C11H15F3N2O3S/c12-11(13,14)10(1-2-10)15-9(19)16-3-4-20-6-7(16)5-8(17)18/h7H,1-6H2,(H,15,19)(H,17,18). The van der Waals surface area contributed by atoms with Gasteiger partial charge in [-0.05, 0) is 12.8 Å². The summed E-state index contributed by atoms with van der Waals surface area (Å²) in [5.41, 5.74) is -2.11. The van der Waals surface area contributed by atoms with Crippen molar-refractivity contribution in [2.24, 2.45) is 0 Å². The molecule has 0 aromatic heterocycles. The third-order valence-corrected chi connectivity index (χ3v) is 4.63. The van der Waals surface area contributed by atoms with Crippen molar-refractivity contribution >= 4 is 23.8 Å². The molecule has 0 aromatic carbocycles. The minimum Gasteiger partial charge on any atom is -0.481 e. The summed E-state index contributed by atoms with van der Waals surface area (Å²) in [6.07, 6.45) is -4.95. The maximum Gasteiger partial charge on any atom is 0.411 e. The fourth-order valence-corrected chi connectivity index (χ4v) is 3.24. The molecule has 1 saturated carbocycles. The van der Waals surface area contributed by atoms with E-state index in [1.807, 2.05) is 5.32 Å². The Morgan fingerprint density at radius 3 is 2.55 bits per heavy atom. The Bertz CT molecular complexity index is 412. The number of carboxylic acid groups (broad SMARTS) is 1. The second-order valence-electron chi connectivity index (χ2n) is 5.03. The number of nitrogens with zero attached hydrogens (tertiary/aromatic N) is 1. The van der Waals surface area contributed by atoms with Gasteiger partial charge in [0.2, 0.25) is 0 Å². The highest BCUT2D eigenvalue weighted by molar-refractivity contribution is 7.99. The minimum absolute atomic E-state index is 0.117. The zero-order valence-electron chi connectivity index (χ0n) is 10.6. The molecule has 1 atom stereocenters. The molecule has 2 aliphatic rings. The van der Waals surface area contributed by atoms with Crippen LogP contribution in [-0.4, -0.2) is 57.8 Å². The smallest absolute Gasteiger partial charge is 0.411 e. The van der Waals surface area contributed by atoms with E-state index in [1.165, 1.54) is 16.7 Å². The number of amides is 2. The molecule has 0 spiro atoms.